The average Bonchev–Trinajstić information content (AvgIpc) is 2.65. The Hall–Kier alpha value is -1.02. The van der Waals surface area contributed by atoms with Gasteiger partial charge in [0, 0.05) is 25.3 Å². The van der Waals surface area contributed by atoms with Crippen molar-refractivity contribution in [1.29, 1.82) is 0 Å². The number of rotatable bonds is 2. The lowest BCUT2D eigenvalue weighted by Gasteiger charge is -2.31. The molecule has 0 unspecified atom stereocenters. The number of nitrogens with two attached hydrogens (primary N) is 1. The summed E-state index contributed by atoms with van der Waals surface area (Å²) in [5.41, 5.74) is 10.5. The van der Waals surface area contributed by atoms with Gasteiger partial charge in [-0.25, -0.2) is 0 Å². The fraction of sp³-hybridized carbons (Fsp3) is 0.571. The molecule has 0 spiro atoms. The van der Waals surface area contributed by atoms with Crippen molar-refractivity contribution < 1.29 is 0 Å². The van der Waals surface area contributed by atoms with Gasteiger partial charge in [0.2, 0.25) is 0 Å². The standard InChI is InChI=1S/C14H22N2/c1-11-7-6-8-12(16(2)3)13(11)14(15)9-4-5-10-14/h6-8H,4-5,9-10,15H2,1-3H3. The summed E-state index contributed by atoms with van der Waals surface area (Å²) in [6.07, 6.45) is 4.77. The van der Waals surface area contributed by atoms with Gasteiger partial charge in [0.15, 0.2) is 0 Å². The molecule has 16 heavy (non-hydrogen) atoms. The van der Waals surface area contributed by atoms with E-state index < -0.39 is 0 Å². The van der Waals surface area contributed by atoms with Crippen LogP contribution in [0.3, 0.4) is 0 Å². The molecule has 2 rings (SSSR count). The fourth-order valence-corrected chi connectivity index (χ4v) is 2.93. The monoisotopic (exact) mass is 218 g/mol. The van der Waals surface area contributed by atoms with Crippen LogP contribution in [0.15, 0.2) is 18.2 Å². The van der Waals surface area contributed by atoms with Crippen molar-refractivity contribution in [2.75, 3.05) is 19.0 Å². The Labute approximate surface area is 98.4 Å². The predicted octanol–water partition coefficient (Wildman–Crippen LogP) is 2.79. The second kappa shape index (κ2) is 4.10. The van der Waals surface area contributed by atoms with Crippen molar-refractivity contribution in [3.05, 3.63) is 29.3 Å². The second-order valence-corrected chi connectivity index (χ2v) is 5.23. The van der Waals surface area contributed by atoms with Crippen molar-refractivity contribution in [2.24, 2.45) is 5.73 Å². The molecular formula is C14H22N2. The summed E-state index contributed by atoms with van der Waals surface area (Å²) in [5, 5.41) is 0. The Morgan fingerprint density at radius 3 is 2.38 bits per heavy atom. The number of nitrogens with zero attached hydrogens (tertiary/aromatic N) is 1. The van der Waals surface area contributed by atoms with Crippen LogP contribution >= 0.6 is 0 Å². The Bertz CT molecular complexity index is 376. The van der Waals surface area contributed by atoms with Crippen LogP contribution in [0, 0.1) is 6.92 Å². The van der Waals surface area contributed by atoms with E-state index in [9.17, 15) is 0 Å². The third kappa shape index (κ3) is 1.82. The van der Waals surface area contributed by atoms with Crippen LogP contribution in [0.1, 0.15) is 36.8 Å². The molecule has 2 heteroatoms. The first-order valence-corrected chi connectivity index (χ1v) is 6.11. The van der Waals surface area contributed by atoms with Gasteiger partial charge in [-0.1, -0.05) is 25.0 Å². The smallest absolute Gasteiger partial charge is 0.0432 e. The van der Waals surface area contributed by atoms with Crippen LogP contribution in [-0.4, -0.2) is 14.1 Å². The average molecular weight is 218 g/mol. The first-order valence-electron chi connectivity index (χ1n) is 6.11. The van der Waals surface area contributed by atoms with Gasteiger partial charge >= 0.3 is 0 Å². The number of hydrogen-bond donors (Lipinski definition) is 1. The molecule has 0 aromatic heterocycles. The van der Waals surface area contributed by atoms with Gasteiger partial charge in [-0.05, 0) is 37.0 Å². The zero-order valence-corrected chi connectivity index (χ0v) is 10.6. The predicted molar refractivity (Wildman–Crippen MR) is 69.8 cm³/mol. The van der Waals surface area contributed by atoms with E-state index in [0.29, 0.717) is 0 Å². The molecule has 0 saturated heterocycles. The van der Waals surface area contributed by atoms with Crippen LogP contribution < -0.4 is 10.6 Å². The zero-order valence-electron chi connectivity index (χ0n) is 10.6. The summed E-state index contributed by atoms with van der Waals surface area (Å²) in [6.45, 7) is 2.18. The molecule has 1 saturated carbocycles. The normalized spacial score (nSPS) is 18.8. The van der Waals surface area contributed by atoms with Gasteiger partial charge in [0.05, 0.1) is 0 Å². The molecule has 1 fully saturated rings. The molecule has 1 aromatic rings. The highest BCUT2D eigenvalue weighted by molar-refractivity contribution is 5.59. The molecule has 1 aliphatic carbocycles. The molecule has 88 valence electrons. The van der Waals surface area contributed by atoms with Crippen molar-refractivity contribution in [1.82, 2.24) is 0 Å². The largest absolute Gasteiger partial charge is 0.377 e. The maximum atomic E-state index is 6.59. The van der Waals surface area contributed by atoms with Crippen LogP contribution in [0.25, 0.3) is 0 Å². The SMILES string of the molecule is Cc1cccc(N(C)C)c1C1(N)CCCC1. The summed E-state index contributed by atoms with van der Waals surface area (Å²) in [5.74, 6) is 0. The molecule has 0 bridgehead atoms. The number of aryl methyl sites for hydroxylation is 1. The van der Waals surface area contributed by atoms with Crippen molar-refractivity contribution in [3.63, 3.8) is 0 Å². The minimum Gasteiger partial charge on any atom is -0.377 e. The summed E-state index contributed by atoms with van der Waals surface area (Å²) in [4.78, 5) is 2.18. The Morgan fingerprint density at radius 2 is 1.81 bits per heavy atom. The topological polar surface area (TPSA) is 29.3 Å². The van der Waals surface area contributed by atoms with Crippen LogP contribution in [0.2, 0.25) is 0 Å². The highest BCUT2D eigenvalue weighted by atomic mass is 15.1. The molecule has 0 radical (unpaired) electrons. The lowest BCUT2D eigenvalue weighted by atomic mass is 9.84. The van der Waals surface area contributed by atoms with E-state index in [1.54, 1.807) is 0 Å². The maximum Gasteiger partial charge on any atom is 0.0432 e. The second-order valence-electron chi connectivity index (χ2n) is 5.23. The molecule has 0 amide bonds. The van der Waals surface area contributed by atoms with E-state index in [1.807, 2.05) is 0 Å². The molecule has 1 aliphatic rings. The Balaban J connectivity index is 2.53. The van der Waals surface area contributed by atoms with Crippen LogP contribution in [0.5, 0.6) is 0 Å². The lowest BCUT2D eigenvalue weighted by Crippen LogP contribution is -2.35. The van der Waals surface area contributed by atoms with Gasteiger partial charge in [-0.2, -0.15) is 0 Å². The van der Waals surface area contributed by atoms with Gasteiger partial charge in [-0.3, -0.25) is 0 Å². The molecule has 1 aromatic carbocycles. The van der Waals surface area contributed by atoms with E-state index in [1.165, 1.54) is 29.7 Å². The molecular weight excluding hydrogens is 196 g/mol. The zero-order chi connectivity index (χ0) is 11.8. The maximum absolute atomic E-state index is 6.59. The molecule has 2 nitrogen and oxygen atoms in total. The minimum atomic E-state index is -0.0923. The van der Waals surface area contributed by atoms with Crippen molar-refractivity contribution in [2.45, 2.75) is 38.1 Å². The summed E-state index contributed by atoms with van der Waals surface area (Å²) < 4.78 is 0. The van der Waals surface area contributed by atoms with E-state index in [-0.39, 0.29) is 5.54 Å². The van der Waals surface area contributed by atoms with E-state index in [4.69, 9.17) is 5.73 Å². The summed E-state index contributed by atoms with van der Waals surface area (Å²) in [6, 6.07) is 6.47. The first kappa shape index (κ1) is 11.5. The van der Waals surface area contributed by atoms with E-state index in [0.717, 1.165) is 12.8 Å². The molecule has 2 N–H and O–H groups in total. The molecule has 0 heterocycles. The number of anilines is 1. The lowest BCUT2D eigenvalue weighted by molar-refractivity contribution is 0.459. The highest BCUT2D eigenvalue weighted by Crippen LogP contribution is 2.41. The third-order valence-electron chi connectivity index (χ3n) is 3.73. The summed E-state index contributed by atoms with van der Waals surface area (Å²) >= 11 is 0. The summed E-state index contributed by atoms with van der Waals surface area (Å²) in [7, 11) is 4.19. The van der Waals surface area contributed by atoms with Crippen molar-refractivity contribution >= 4 is 5.69 Å². The first-order chi connectivity index (χ1) is 7.54. The van der Waals surface area contributed by atoms with Gasteiger partial charge in [-0.15, -0.1) is 0 Å². The van der Waals surface area contributed by atoms with Crippen LogP contribution in [0.4, 0.5) is 5.69 Å². The Morgan fingerprint density at radius 1 is 1.19 bits per heavy atom. The molecule has 0 aliphatic heterocycles. The molecule has 0 atom stereocenters. The van der Waals surface area contributed by atoms with E-state index >= 15 is 0 Å². The highest BCUT2D eigenvalue weighted by Gasteiger charge is 2.34. The van der Waals surface area contributed by atoms with Gasteiger partial charge in [0.25, 0.3) is 0 Å². The minimum absolute atomic E-state index is 0.0923. The fourth-order valence-electron chi connectivity index (χ4n) is 2.93. The third-order valence-corrected chi connectivity index (χ3v) is 3.73. The Kier molecular flexibility index (Phi) is 2.94. The van der Waals surface area contributed by atoms with E-state index in [2.05, 4.69) is 44.1 Å². The van der Waals surface area contributed by atoms with Crippen molar-refractivity contribution in [3.8, 4) is 0 Å². The van der Waals surface area contributed by atoms with Gasteiger partial charge < -0.3 is 10.6 Å². The number of hydrogen-bond acceptors (Lipinski definition) is 2. The van der Waals surface area contributed by atoms with Crippen LogP contribution in [-0.2, 0) is 5.54 Å². The number of benzene rings is 1. The quantitative estimate of drug-likeness (QED) is 0.827. The van der Waals surface area contributed by atoms with Gasteiger partial charge in [0.1, 0.15) is 0 Å².